The van der Waals surface area contributed by atoms with Gasteiger partial charge in [-0.1, -0.05) is 71.1 Å². The van der Waals surface area contributed by atoms with Crippen LogP contribution in [0.3, 0.4) is 0 Å². The average molecular weight is 656 g/mol. The Morgan fingerprint density at radius 2 is 1.40 bits per heavy atom. The molecule has 3 aliphatic rings. The van der Waals surface area contributed by atoms with E-state index in [1.807, 2.05) is 20.8 Å². The number of nitrogens with zero attached hydrogens (tertiary/aromatic N) is 1. The Morgan fingerprint density at radius 1 is 0.830 bits per heavy atom. The number of hydrogen-bond donors (Lipinski definition) is 4. The number of nitrogens with two attached hydrogens (primary N) is 1. The smallest absolute Gasteiger partial charge is 0.246 e. The lowest BCUT2D eigenvalue weighted by Crippen LogP contribution is -2.60. The Bertz CT molecular complexity index is 1120. The van der Waals surface area contributed by atoms with Crippen molar-refractivity contribution in [3.05, 3.63) is 0 Å². The van der Waals surface area contributed by atoms with E-state index >= 15 is 0 Å². The highest BCUT2D eigenvalue weighted by molar-refractivity contribution is 5.94. The first-order chi connectivity index (χ1) is 22.5. The van der Waals surface area contributed by atoms with Crippen molar-refractivity contribution < 1.29 is 23.9 Å². The molecule has 47 heavy (non-hydrogen) atoms. The molecule has 2 saturated carbocycles. The Hall–Kier alpha value is -2.63. The van der Waals surface area contributed by atoms with Crippen molar-refractivity contribution in [1.29, 1.82) is 0 Å². The van der Waals surface area contributed by atoms with Crippen LogP contribution in [0.15, 0.2) is 0 Å². The predicted molar refractivity (Wildman–Crippen MR) is 185 cm³/mol. The molecule has 0 unspecified atom stereocenters. The van der Waals surface area contributed by atoms with Crippen LogP contribution >= 0.6 is 0 Å². The first-order valence-corrected chi connectivity index (χ1v) is 18.0. The summed E-state index contributed by atoms with van der Waals surface area (Å²) in [6.45, 7) is 9.43. The summed E-state index contributed by atoms with van der Waals surface area (Å²) in [7, 11) is 1.71. The molecule has 1 aliphatic heterocycles. The van der Waals surface area contributed by atoms with Gasteiger partial charge in [-0.05, 0) is 81.6 Å². The number of amides is 3. The highest BCUT2D eigenvalue weighted by Crippen LogP contribution is 2.29. The molecule has 10 nitrogen and oxygen atoms in total. The van der Waals surface area contributed by atoms with Gasteiger partial charge in [0.05, 0.1) is 25.3 Å². The van der Waals surface area contributed by atoms with Crippen LogP contribution < -0.4 is 21.7 Å². The predicted octanol–water partition coefficient (Wildman–Crippen LogP) is 3.13. The Kier molecular flexibility index (Phi) is 16.5. The van der Waals surface area contributed by atoms with E-state index in [1.165, 1.54) is 38.5 Å². The fourth-order valence-corrected chi connectivity index (χ4v) is 6.97. The van der Waals surface area contributed by atoms with E-state index in [2.05, 4.69) is 39.6 Å². The first-order valence-electron chi connectivity index (χ1n) is 18.0. The molecule has 3 fully saturated rings. The van der Waals surface area contributed by atoms with E-state index in [1.54, 1.807) is 18.9 Å². The van der Waals surface area contributed by atoms with Crippen LogP contribution in [0.4, 0.5) is 0 Å². The maximum Gasteiger partial charge on any atom is 0.246 e. The minimum Gasteiger partial charge on any atom is -0.367 e. The summed E-state index contributed by atoms with van der Waals surface area (Å²) >= 11 is 0. The first kappa shape index (κ1) is 38.8. The van der Waals surface area contributed by atoms with Crippen LogP contribution in [0, 0.1) is 40.9 Å². The number of likely N-dealkylation sites (tertiary alicyclic amines) is 1. The molecule has 0 aromatic carbocycles. The number of rotatable bonds is 14. The maximum atomic E-state index is 13.8. The number of carbonyl (C=O) groups is 3. The molecule has 1 heterocycles. The van der Waals surface area contributed by atoms with Gasteiger partial charge in [0.15, 0.2) is 0 Å². The largest absolute Gasteiger partial charge is 0.367 e. The normalized spacial score (nSPS) is 21.7. The summed E-state index contributed by atoms with van der Waals surface area (Å²) in [5, 5.41) is 9.12. The summed E-state index contributed by atoms with van der Waals surface area (Å²) in [5.41, 5.74) is 5.76. The zero-order valence-corrected chi connectivity index (χ0v) is 29.6. The average Bonchev–Trinajstić information content (AvgIpc) is 3.57. The molecule has 3 amide bonds. The zero-order valence-electron chi connectivity index (χ0n) is 29.6. The van der Waals surface area contributed by atoms with Crippen molar-refractivity contribution in [2.45, 2.75) is 135 Å². The molecule has 0 bridgehead atoms. The quantitative estimate of drug-likeness (QED) is 0.167. The lowest BCUT2D eigenvalue weighted by molar-refractivity contribution is -0.144. The number of hydrogen-bond acceptors (Lipinski definition) is 7. The molecule has 264 valence electrons. The monoisotopic (exact) mass is 655 g/mol. The van der Waals surface area contributed by atoms with Gasteiger partial charge in [-0.15, -0.1) is 0 Å². The van der Waals surface area contributed by atoms with E-state index in [0.717, 1.165) is 32.1 Å². The molecule has 0 aromatic heterocycles. The van der Waals surface area contributed by atoms with Gasteiger partial charge in [-0.25, -0.2) is 0 Å². The topological polar surface area (TPSA) is 135 Å². The summed E-state index contributed by atoms with van der Waals surface area (Å²) < 4.78 is 11.6. The van der Waals surface area contributed by atoms with Crippen LogP contribution in [0.2, 0.25) is 0 Å². The molecule has 5 atom stereocenters. The molecule has 3 rings (SSSR count). The lowest BCUT2D eigenvalue weighted by Gasteiger charge is -2.37. The van der Waals surface area contributed by atoms with Crippen LogP contribution in [0.1, 0.15) is 105 Å². The molecule has 5 N–H and O–H groups in total. The standard InChI is InChI=1S/C37H61N5O5/c1-27(39-5)34(43)41-33(37(2,3)4)36(45)42-22-16-21-32(42)35(44)40-31(29-19-12-9-13-20-29)26-47-24-15-7-6-14-23-46-25-30(38)28-17-10-8-11-18-28/h27-33,39H,8-13,16-26,38H2,1-5H3,(H,40,44)(H,41,43)/t27-,30+,31+,32-,33+/m0/s1. The molecule has 0 spiro atoms. The van der Waals surface area contributed by atoms with Gasteiger partial charge in [0.2, 0.25) is 17.7 Å². The molecular weight excluding hydrogens is 594 g/mol. The Morgan fingerprint density at radius 3 is 1.98 bits per heavy atom. The minimum atomic E-state index is -0.746. The van der Waals surface area contributed by atoms with Gasteiger partial charge < -0.3 is 36.1 Å². The van der Waals surface area contributed by atoms with Crippen molar-refractivity contribution in [2.24, 2.45) is 23.0 Å². The van der Waals surface area contributed by atoms with E-state index in [9.17, 15) is 14.4 Å². The van der Waals surface area contributed by atoms with Gasteiger partial charge in [-0.2, -0.15) is 0 Å². The molecule has 1 saturated heterocycles. The van der Waals surface area contributed by atoms with Gasteiger partial charge in [0.25, 0.3) is 0 Å². The van der Waals surface area contributed by atoms with Crippen molar-refractivity contribution in [3.63, 3.8) is 0 Å². The third-order valence-corrected chi connectivity index (χ3v) is 10.1. The minimum absolute atomic E-state index is 0.0757. The molecule has 10 heteroatoms. The van der Waals surface area contributed by atoms with Gasteiger partial charge in [-0.3, -0.25) is 14.4 Å². The highest BCUT2D eigenvalue weighted by atomic mass is 16.5. The van der Waals surface area contributed by atoms with E-state index in [4.69, 9.17) is 15.2 Å². The summed E-state index contributed by atoms with van der Waals surface area (Å²) in [5.74, 6) is 11.8. The third-order valence-electron chi connectivity index (χ3n) is 10.1. The number of carbonyl (C=O) groups excluding carboxylic acids is 3. The molecule has 2 aliphatic carbocycles. The van der Waals surface area contributed by atoms with Crippen molar-refractivity contribution in [3.8, 4) is 23.7 Å². The van der Waals surface area contributed by atoms with E-state index in [-0.39, 0.29) is 36.4 Å². The van der Waals surface area contributed by atoms with Gasteiger partial charge in [0, 0.05) is 12.6 Å². The van der Waals surface area contributed by atoms with Crippen molar-refractivity contribution >= 4 is 17.7 Å². The third kappa shape index (κ3) is 12.7. The molecule has 0 aromatic rings. The SMILES string of the molecule is CN[C@@H](C)C(=O)N[C@H](C(=O)N1CCC[C@H]1C(=O)N[C@H](COCC#CC#CCOC[C@@H](N)C1CCCCC1)C1CCCCC1)C(C)(C)C. The second-order valence-corrected chi connectivity index (χ2v) is 14.7. The molecule has 0 radical (unpaired) electrons. The Labute approximate surface area is 283 Å². The zero-order chi connectivity index (χ0) is 34.2. The van der Waals surface area contributed by atoms with Crippen LogP contribution in [0.25, 0.3) is 0 Å². The fourth-order valence-electron chi connectivity index (χ4n) is 6.97. The molecular formula is C37H61N5O5. The second-order valence-electron chi connectivity index (χ2n) is 14.7. The van der Waals surface area contributed by atoms with Crippen LogP contribution in [-0.4, -0.2) is 92.9 Å². The fraction of sp³-hybridized carbons (Fsp3) is 0.811. The summed E-state index contributed by atoms with van der Waals surface area (Å²) in [4.78, 5) is 41.9. The lowest BCUT2D eigenvalue weighted by atomic mass is 9.84. The van der Waals surface area contributed by atoms with Crippen LogP contribution in [0.5, 0.6) is 0 Å². The number of nitrogens with one attached hydrogen (secondary N) is 3. The van der Waals surface area contributed by atoms with Crippen molar-refractivity contribution in [2.75, 3.05) is 40.0 Å². The Balaban J connectivity index is 1.52. The van der Waals surface area contributed by atoms with Gasteiger partial charge in [0.1, 0.15) is 25.3 Å². The van der Waals surface area contributed by atoms with Crippen LogP contribution in [-0.2, 0) is 23.9 Å². The number of ether oxygens (including phenoxy) is 2. The van der Waals surface area contributed by atoms with Crippen molar-refractivity contribution in [1.82, 2.24) is 20.9 Å². The summed E-state index contributed by atoms with van der Waals surface area (Å²) in [6, 6.07) is -1.85. The highest BCUT2D eigenvalue weighted by Gasteiger charge is 2.43. The number of likely N-dealkylation sites (N-methyl/N-ethyl adjacent to an activating group) is 1. The second kappa shape index (κ2) is 20.0. The van der Waals surface area contributed by atoms with Gasteiger partial charge >= 0.3 is 0 Å². The summed E-state index contributed by atoms with van der Waals surface area (Å²) in [6.07, 6.45) is 13.1. The van der Waals surface area contributed by atoms with E-state index < -0.39 is 23.5 Å². The van der Waals surface area contributed by atoms with E-state index in [0.29, 0.717) is 44.6 Å². The maximum absolute atomic E-state index is 13.8.